The first-order valence-corrected chi connectivity index (χ1v) is 5.65. The van der Waals surface area contributed by atoms with Gasteiger partial charge in [-0.25, -0.2) is 0 Å². The van der Waals surface area contributed by atoms with E-state index in [1.165, 1.54) is 0 Å². The molecule has 0 aliphatic carbocycles. The van der Waals surface area contributed by atoms with Crippen molar-refractivity contribution in [1.82, 2.24) is 10.3 Å². The molecule has 1 heterocycles. The van der Waals surface area contributed by atoms with Crippen molar-refractivity contribution in [2.75, 3.05) is 13.1 Å². The van der Waals surface area contributed by atoms with E-state index in [2.05, 4.69) is 10.3 Å². The summed E-state index contributed by atoms with van der Waals surface area (Å²) in [4.78, 5) is 15.8. The van der Waals surface area contributed by atoms with Crippen LogP contribution in [0.3, 0.4) is 0 Å². The summed E-state index contributed by atoms with van der Waals surface area (Å²) in [6, 6.07) is 3.56. The fraction of sp³-hybridized carbons (Fsp3) is 0.500. The zero-order valence-corrected chi connectivity index (χ0v) is 9.70. The molecule has 0 atom stereocenters. The molecule has 0 unspecified atom stereocenters. The van der Waals surface area contributed by atoms with Gasteiger partial charge in [-0.2, -0.15) is 0 Å². The Balaban J connectivity index is 2.33. The van der Waals surface area contributed by atoms with Gasteiger partial charge in [0.2, 0.25) is 0 Å². The van der Waals surface area contributed by atoms with Crippen LogP contribution in [-0.2, 0) is 0 Å². The number of rotatable bonds is 6. The van der Waals surface area contributed by atoms with Crippen molar-refractivity contribution in [3.05, 3.63) is 29.6 Å². The summed E-state index contributed by atoms with van der Waals surface area (Å²) in [5.74, 6) is -0.0432. The molecule has 4 heteroatoms. The van der Waals surface area contributed by atoms with Crippen molar-refractivity contribution in [1.29, 1.82) is 0 Å². The minimum atomic E-state index is -0.0432. The lowest BCUT2D eigenvalue weighted by atomic mass is 10.2. The molecule has 88 valence electrons. The molecule has 0 aliphatic rings. The molecular formula is C12H19N3O. The predicted octanol–water partition coefficient (Wildman–Crippen LogP) is 1.25. The monoisotopic (exact) mass is 221 g/mol. The van der Waals surface area contributed by atoms with Crippen LogP contribution < -0.4 is 11.1 Å². The average Bonchev–Trinajstić information content (AvgIpc) is 2.29. The van der Waals surface area contributed by atoms with Gasteiger partial charge in [-0.15, -0.1) is 0 Å². The summed E-state index contributed by atoms with van der Waals surface area (Å²) in [5.41, 5.74) is 6.81. The van der Waals surface area contributed by atoms with Gasteiger partial charge in [-0.1, -0.05) is 6.42 Å². The Kier molecular flexibility index (Phi) is 5.50. The largest absolute Gasteiger partial charge is 0.352 e. The molecule has 0 spiro atoms. The van der Waals surface area contributed by atoms with E-state index >= 15 is 0 Å². The standard InChI is InChI=1S/C12H19N3O/c1-10-11(6-5-9-14-10)12(16)15-8-4-2-3-7-13/h5-6,9H,2-4,7-8,13H2,1H3,(H,15,16). The summed E-state index contributed by atoms with van der Waals surface area (Å²) in [5, 5.41) is 2.88. The first kappa shape index (κ1) is 12.6. The van der Waals surface area contributed by atoms with Gasteiger partial charge in [0.25, 0.3) is 5.91 Å². The van der Waals surface area contributed by atoms with Crippen molar-refractivity contribution in [3.8, 4) is 0 Å². The Morgan fingerprint density at radius 3 is 2.94 bits per heavy atom. The Morgan fingerprint density at radius 2 is 2.25 bits per heavy atom. The topological polar surface area (TPSA) is 68.0 Å². The summed E-state index contributed by atoms with van der Waals surface area (Å²) >= 11 is 0. The smallest absolute Gasteiger partial charge is 0.253 e. The van der Waals surface area contributed by atoms with E-state index in [9.17, 15) is 4.79 Å². The normalized spacial score (nSPS) is 10.1. The highest BCUT2D eigenvalue weighted by Gasteiger charge is 2.07. The lowest BCUT2D eigenvalue weighted by Crippen LogP contribution is -2.25. The van der Waals surface area contributed by atoms with Gasteiger partial charge in [0.05, 0.1) is 5.56 Å². The van der Waals surface area contributed by atoms with E-state index < -0.39 is 0 Å². The zero-order chi connectivity index (χ0) is 11.8. The highest BCUT2D eigenvalue weighted by Crippen LogP contribution is 2.03. The van der Waals surface area contributed by atoms with Crippen LogP contribution in [-0.4, -0.2) is 24.0 Å². The van der Waals surface area contributed by atoms with Crippen molar-refractivity contribution >= 4 is 5.91 Å². The number of carbonyl (C=O) groups is 1. The van der Waals surface area contributed by atoms with E-state index in [0.717, 1.165) is 31.5 Å². The Labute approximate surface area is 96.3 Å². The maximum Gasteiger partial charge on any atom is 0.253 e. The molecule has 0 radical (unpaired) electrons. The van der Waals surface area contributed by atoms with Crippen LogP contribution >= 0.6 is 0 Å². The predicted molar refractivity (Wildman–Crippen MR) is 64.2 cm³/mol. The fourth-order valence-corrected chi connectivity index (χ4v) is 1.47. The van der Waals surface area contributed by atoms with Crippen molar-refractivity contribution < 1.29 is 4.79 Å². The molecular weight excluding hydrogens is 202 g/mol. The minimum absolute atomic E-state index is 0.0432. The molecule has 0 saturated carbocycles. The second-order valence-corrected chi connectivity index (χ2v) is 3.74. The molecule has 1 aromatic heterocycles. The maximum absolute atomic E-state index is 11.7. The lowest BCUT2D eigenvalue weighted by molar-refractivity contribution is 0.0952. The number of hydrogen-bond acceptors (Lipinski definition) is 3. The molecule has 16 heavy (non-hydrogen) atoms. The Hall–Kier alpha value is -1.42. The van der Waals surface area contributed by atoms with Gasteiger partial charge >= 0.3 is 0 Å². The molecule has 1 rings (SSSR count). The SMILES string of the molecule is Cc1ncccc1C(=O)NCCCCCN. The van der Waals surface area contributed by atoms with Gasteiger partial charge in [-0.05, 0) is 38.4 Å². The highest BCUT2D eigenvalue weighted by molar-refractivity contribution is 5.95. The van der Waals surface area contributed by atoms with Gasteiger partial charge < -0.3 is 11.1 Å². The molecule has 1 aromatic rings. The van der Waals surface area contributed by atoms with Crippen LogP contribution in [0.5, 0.6) is 0 Å². The molecule has 0 aliphatic heterocycles. The summed E-state index contributed by atoms with van der Waals surface area (Å²) in [6.07, 6.45) is 4.74. The van der Waals surface area contributed by atoms with E-state index in [-0.39, 0.29) is 5.91 Å². The van der Waals surface area contributed by atoms with E-state index in [1.807, 2.05) is 6.92 Å². The Morgan fingerprint density at radius 1 is 1.44 bits per heavy atom. The number of hydrogen-bond donors (Lipinski definition) is 2. The maximum atomic E-state index is 11.7. The third kappa shape index (κ3) is 3.98. The fourth-order valence-electron chi connectivity index (χ4n) is 1.47. The van der Waals surface area contributed by atoms with Crippen LogP contribution in [0.1, 0.15) is 35.3 Å². The minimum Gasteiger partial charge on any atom is -0.352 e. The zero-order valence-electron chi connectivity index (χ0n) is 9.70. The summed E-state index contributed by atoms with van der Waals surface area (Å²) < 4.78 is 0. The van der Waals surface area contributed by atoms with Gasteiger partial charge in [0, 0.05) is 18.4 Å². The average molecular weight is 221 g/mol. The van der Waals surface area contributed by atoms with Crippen LogP contribution in [0.15, 0.2) is 18.3 Å². The number of amides is 1. The summed E-state index contributed by atoms with van der Waals surface area (Å²) in [6.45, 7) is 3.26. The number of aromatic nitrogens is 1. The molecule has 3 N–H and O–H groups in total. The van der Waals surface area contributed by atoms with Gasteiger partial charge in [0.15, 0.2) is 0 Å². The van der Waals surface area contributed by atoms with Crippen LogP contribution in [0.2, 0.25) is 0 Å². The van der Waals surface area contributed by atoms with Crippen molar-refractivity contribution in [2.24, 2.45) is 5.73 Å². The first-order chi connectivity index (χ1) is 7.75. The molecule has 0 fully saturated rings. The number of nitrogens with two attached hydrogens (primary N) is 1. The molecule has 0 aromatic carbocycles. The quantitative estimate of drug-likeness (QED) is 0.710. The lowest BCUT2D eigenvalue weighted by Gasteiger charge is -2.06. The molecule has 0 bridgehead atoms. The van der Waals surface area contributed by atoms with E-state index in [0.29, 0.717) is 12.1 Å². The molecule has 1 amide bonds. The van der Waals surface area contributed by atoms with E-state index in [1.54, 1.807) is 18.3 Å². The number of carbonyl (C=O) groups excluding carboxylic acids is 1. The number of aryl methyl sites for hydroxylation is 1. The third-order valence-electron chi connectivity index (χ3n) is 2.42. The molecule has 4 nitrogen and oxygen atoms in total. The van der Waals surface area contributed by atoms with Crippen molar-refractivity contribution in [3.63, 3.8) is 0 Å². The number of nitrogens with zero attached hydrogens (tertiary/aromatic N) is 1. The van der Waals surface area contributed by atoms with Crippen LogP contribution in [0, 0.1) is 6.92 Å². The molecule has 0 saturated heterocycles. The van der Waals surface area contributed by atoms with Crippen LogP contribution in [0.4, 0.5) is 0 Å². The van der Waals surface area contributed by atoms with Crippen molar-refractivity contribution in [2.45, 2.75) is 26.2 Å². The van der Waals surface area contributed by atoms with Gasteiger partial charge in [-0.3, -0.25) is 9.78 Å². The number of unbranched alkanes of at least 4 members (excludes halogenated alkanes) is 2. The number of nitrogens with one attached hydrogen (secondary N) is 1. The number of pyridine rings is 1. The summed E-state index contributed by atoms with van der Waals surface area (Å²) in [7, 11) is 0. The van der Waals surface area contributed by atoms with Crippen LogP contribution in [0.25, 0.3) is 0 Å². The second kappa shape index (κ2) is 6.95. The van der Waals surface area contributed by atoms with E-state index in [4.69, 9.17) is 5.73 Å². The Bertz CT molecular complexity index is 339. The highest BCUT2D eigenvalue weighted by atomic mass is 16.1. The second-order valence-electron chi connectivity index (χ2n) is 3.74. The first-order valence-electron chi connectivity index (χ1n) is 5.65. The van der Waals surface area contributed by atoms with Gasteiger partial charge in [0.1, 0.15) is 0 Å². The third-order valence-corrected chi connectivity index (χ3v) is 2.42.